The standard InChI is InChI=1S/C17H24/c1-2-4-14-11-16(8-7-13(14)3-1)17-10-12-5-6-15(17)9-12/h12-17H,1-6,9-11H2. The van der Waals surface area contributed by atoms with Crippen molar-refractivity contribution in [1.82, 2.24) is 0 Å². The number of hydrogen-bond donors (Lipinski definition) is 0. The van der Waals surface area contributed by atoms with Gasteiger partial charge in [-0.1, -0.05) is 31.1 Å². The first-order chi connectivity index (χ1) is 8.40. The molecule has 0 nitrogen and oxygen atoms in total. The van der Waals surface area contributed by atoms with Crippen LogP contribution >= 0.6 is 0 Å². The fourth-order valence-electron chi connectivity index (χ4n) is 5.35. The zero-order valence-corrected chi connectivity index (χ0v) is 10.8. The third kappa shape index (κ3) is 1.74. The molecule has 0 saturated heterocycles. The van der Waals surface area contributed by atoms with Gasteiger partial charge in [-0.2, -0.15) is 0 Å². The van der Waals surface area contributed by atoms with Crippen molar-refractivity contribution in [2.75, 3.05) is 0 Å². The van der Waals surface area contributed by atoms with Crippen LogP contribution in [0.4, 0.5) is 0 Å². The fourth-order valence-corrected chi connectivity index (χ4v) is 5.35. The van der Waals surface area contributed by atoms with Crippen molar-refractivity contribution >= 4 is 0 Å². The van der Waals surface area contributed by atoms with E-state index in [9.17, 15) is 0 Å². The molecule has 3 saturated carbocycles. The molecule has 92 valence electrons. The van der Waals surface area contributed by atoms with Crippen LogP contribution in [0.15, 0.2) is 0 Å². The van der Waals surface area contributed by atoms with Crippen molar-refractivity contribution in [3.63, 3.8) is 0 Å². The summed E-state index contributed by atoms with van der Waals surface area (Å²) in [6, 6.07) is 0. The zero-order valence-electron chi connectivity index (χ0n) is 10.8. The SMILES string of the molecule is C1#CC(C2CC3CCC2C3)CC2CCCCC12. The molecule has 3 fully saturated rings. The highest BCUT2D eigenvalue weighted by Gasteiger charge is 2.44. The highest BCUT2D eigenvalue weighted by Crippen LogP contribution is 2.53. The smallest absolute Gasteiger partial charge is 0.0237 e. The Labute approximate surface area is 106 Å². The maximum Gasteiger partial charge on any atom is 0.0237 e. The molecule has 0 spiro atoms. The van der Waals surface area contributed by atoms with Crippen LogP contribution < -0.4 is 0 Å². The molecule has 0 aromatic carbocycles. The summed E-state index contributed by atoms with van der Waals surface area (Å²) in [6.45, 7) is 0. The molecule has 4 rings (SSSR count). The highest BCUT2D eigenvalue weighted by molar-refractivity contribution is 5.17. The van der Waals surface area contributed by atoms with E-state index < -0.39 is 0 Å². The first-order valence-corrected chi connectivity index (χ1v) is 7.91. The Morgan fingerprint density at radius 2 is 1.53 bits per heavy atom. The lowest BCUT2D eigenvalue weighted by Crippen LogP contribution is -2.29. The van der Waals surface area contributed by atoms with E-state index in [2.05, 4.69) is 11.8 Å². The summed E-state index contributed by atoms with van der Waals surface area (Å²) >= 11 is 0. The molecule has 2 bridgehead atoms. The van der Waals surface area contributed by atoms with Gasteiger partial charge in [0.1, 0.15) is 0 Å². The van der Waals surface area contributed by atoms with E-state index in [0.717, 1.165) is 35.5 Å². The summed E-state index contributed by atoms with van der Waals surface area (Å²) in [5.41, 5.74) is 0. The van der Waals surface area contributed by atoms with E-state index in [1.54, 1.807) is 6.42 Å². The Morgan fingerprint density at radius 1 is 0.647 bits per heavy atom. The summed E-state index contributed by atoms with van der Waals surface area (Å²) in [4.78, 5) is 0. The van der Waals surface area contributed by atoms with E-state index in [-0.39, 0.29) is 0 Å². The van der Waals surface area contributed by atoms with Crippen LogP contribution in [0.5, 0.6) is 0 Å². The van der Waals surface area contributed by atoms with Gasteiger partial charge < -0.3 is 0 Å². The van der Waals surface area contributed by atoms with Gasteiger partial charge in [-0.15, -0.1) is 0 Å². The van der Waals surface area contributed by atoms with Gasteiger partial charge >= 0.3 is 0 Å². The van der Waals surface area contributed by atoms with Gasteiger partial charge in [0, 0.05) is 11.8 Å². The Balaban J connectivity index is 1.51. The molecule has 17 heavy (non-hydrogen) atoms. The molecule has 0 N–H and O–H groups in total. The van der Waals surface area contributed by atoms with Gasteiger partial charge in [0.05, 0.1) is 0 Å². The summed E-state index contributed by atoms with van der Waals surface area (Å²) in [5, 5.41) is 0. The lowest BCUT2D eigenvalue weighted by molar-refractivity contribution is 0.184. The molecule has 0 aliphatic heterocycles. The third-order valence-corrected chi connectivity index (χ3v) is 6.23. The van der Waals surface area contributed by atoms with Crippen LogP contribution in [-0.4, -0.2) is 0 Å². The van der Waals surface area contributed by atoms with Crippen LogP contribution in [0.25, 0.3) is 0 Å². The molecule has 6 atom stereocenters. The minimum absolute atomic E-state index is 0.790. The quantitative estimate of drug-likeness (QED) is 0.588. The first-order valence-electron chi connectivity index (χ1n) is 7.91. The first kappa shape index (κ1) is 10.5. The molecule has 4 aliphatic carbocycles. The number of hydrogen-bond acceptors (Lipinski definition) is 0. The van der Waals surface area contributed by atoms with Crippen molar-refractivity contribution in [2.45, 2.75) is 57.8 Å². The van der Waals surface area contributed by atoms with Crippen molar-refractivity contribution < 1.29 is 0 Å². The normalized spacial score (nSPS) is 51.8. The molecule has 0 aromatic heterocycles. The van der Waals surface area contributed by atoms with Crippen LogP contribution in [-0.2, 0) is 0 Å². The summed E-state index contributed by atoms with van der Waals surface area (Å²) in [5.74, 6) is 13.1. The monoisotopic (exact) mass is 228 g/mol. The van der Waals surface area contributed by atoms with Gasteiger partial charge in [0.15, 0.2) is 0 Å². The van der Waals surface area contributed by atoms with Crippen molar-refractivity contribution in [1.29, 1.82) is 0 Å². The number of fused-ring (bicyclic) bond motifs is 3. The van der Waals surface area contributed by atoms with Gasteiger partial charge in [0.2, 0.25) is 0 Å². The van der Waals surface area contributed by atoms with E-state index in [1.165, 1.54) is 51.4 Å². The fraction of sp³-hybridized carbons (Fsp3) is 0.882. The summed E-state index contributed by atoms with van der Waals surface area (Å²) in [6.07, 6.45) is 13.4. The second-order valence-corrected chi connectivity index (χ2v) is 7.12. The van der Waals surface area contributed by atoms with Crippen molar-refractivity contribution in [2.24, 2.45) is 35.5 Å². The molecular formula is C17H24. The predicted octanol–water partition coefficient (Wildman–Crippen LogP) is 4.25. The molecule has 4 aliphatic rings. The predicted molar refractivity (Wildman–Crippen MR) is 70.3 cm³/mol. The van der Waals surface area contributed by atoms with E-state index in [4.69, 9.17) is 0 Å². The Kier molecular flexibility index (Phi) is 2.49. The van der Waals surface area contributed by atoms with Crippen molar-refractivity contribution in [3.05, 3.63) is 0 Å². The molecule has 0 heteroatoms. The van der Waals surface area contributed by atoms with E-state index in [1.807, 2.05) is 0 Å². The average Bonchev–Trinajstić information content (AvgIpc) is 3.00. The molecule has 6 unspecified atom stereocenters. The minimum atomic E-state index is 0.790. The topological polar surface area (TPSA) is 0 Å². The second kappa shape index (κ2) is 4.04. The molecule has 0 aromatic rings. The lowest BCUT2D eigenvalue weighted by Gasteiger charge is -2.36. The zero-order chi connectivity index (χ0) is 11.2. The Morgan fingerprint density at radius 3 is 2.35 bits per heavy atom. The molecular weight excluding hydrogens is 204 g/mol. The van der Waals surface area contributed by atoms with Crippen LogP contribution in [0, 0.1) is 47.3 Å². The van der Waals surface area contributed by atoms with Gasteiger partial charge in [-0.05, 0) is 62.2 Å². The maximum absolute atomic E-state index is 3.70. The van der Waals surface area contributed by atoms with Crippen LogP contribution in [0.3, 0.4) is 0 Å². The van der Waals surface area contributed by atoms with Gasteiger partial charge in [-0.25, -0.2) is 0 Å². The molecule has 0 amide bonds. The molecule has 0 heterocycles. The Bertz CT molecular complexity index is 358. The number of rotatable bonds is 1. The molecule has 0 radical (unpaired) electrons. The Hall–Kier alpha value is -0.440. The van der Waals surface area contributed by atoms with Crippen molar-refractivity contribution in [3.8, 4) is 11.8 Å². The highest BCUT2D eigenvalue weighted by atomic mass is 14.5. The van der Waals surface area contributed by atoms with E-state index in [0.29, 0.717) is 0 Å². The van der Waals surface area contributed by atoms with E-state index >= 15 is 0 Å². The van der Waals surface area contributed by atoms with Gasteiger partial charge in [0.25, 0.3) is 0 Å². The minimum Gasteiger partial charge on any atom is -0.0993 e. The largest absolute Gasteiger partial charge is 0.0993 e. The van der Waals surface area contributed by atoms with Crippen LogP contribution in [0.1, 0.15) is 57.8 Å². The lowest BCUT2D eigenvalue weighted by atomic mass is 9.67. The average molecular weight is 228 g/mol. The maximum atomic E-state index is 3.70. The summed E-state index contributed by atoms with van der Waals surface area (Å²) in [7, 11) is 0. The third-order valence-electron chi connectivity index (χ3n) is 6.23. The van der Waals surface area contributed by atoms with Crippen LogP contribution in [0.2, 0.25) is 0 Å². The summed E-state index contributed by atoms with van der Waals surface area (Å²) < 4.78 is 0. The second-order valence-electron chi connectivity index (χ2n) is 7.12. The van der Waals surface area contributed by atoms with Gasteiger partial charge in [-0.3, -0.25) is 0 Å².